The molecule has 0 aromatic heterocycles. The lowest BCUT2D eigenvalue weighted by Crippen LogP contribution is -2.56. The molecule has 1 heterocycles. The van der Waals surface area contributed by atoms with Crippen LogP contribution in [0.15, 0.2) is 0 Å². The lowest BCUT2D eigenvalue weighted by Gasteiger charge is -2.44. The minimum absolute atomic E-state index is 0.00414. The van der Waals surface area contributed by atoms with Crippen LogP contribution in [-0.2, 0) is 4.74 Å². The zero-order chi connectivity index (χ0) is 9.41. The van der Waals surface area contributed by atoms with Crippen molar-refractivity contribution < 1.29 is 23.0 Å². The van der Waals surface area contributed by atoms with Crippen LogP contribution in [-0.4, -0.2) is 30.6 Å². The smallest absolute Gasteiger partial charge is 0.383 e. The molecule has 1 fully saturated rings. The van der Waals surface area contributed by atoms with Crippen molar-refractivity contribution in [2.24, 2.45) is 5.41 Å². The summed E-state index contributed by atoms with van der Waals surface area (Å²) in [6.07, 6.45) is -6.49. The number of ether oxygens (including phenoxy) is 1. The van der Waals surface area contributed by atoms with E-state index >= 15 is 0 Å². The van der Waals surface area contributed by atoms with E-state index in [2.05, 4.69) is 4.74 Å². The molecule has 0 aromatic rings. The zero-order valence-electron chi connectivity index (χ0n) is 6.69. The molecule has 0 bridgehead atoms. The molecule has 0 unspecified atom stereocenters. The Hall–Kier alpha value is -0.290. The monoisotopic (exact) mass is 184 g/mol. The highest BCUT2D eigenvalue weighted by Gasteiger charge is 2.55. The highest BCUT2D eigenvalue weighted by Crippen LogP contribution is 2.41. The Kier molecular flexibility index (Phi) is 2.35. The van der Waals surface area contributed by atoms with Gasteiger partial charge in [-0.1, -0.05) is 6.92 Å². The van der Waals surface area contributed by atoms with Crippen LogP contribution in [0.3, 0.4) is 0 Å². The molecule has 0 amide bonds. The van der Waals surface area contributed by atoms with Gasteiger partial charge >= 0.3 is 6.18 Å². The third-order valence-electron chi connectivity index (χ3n) is 2.37. The molecule has 0 aliphatic carbocycles. The maximum Gasteiger partial charge on any atom is 0.415 e. The SMILES string of the molecule is CCC1([C@H](O)C(F)(F)F)COC1. The molecule has 1 aliphatic heterocycles. The van der Waals surface area contributed by atoms with Gasteiger partial charge in [-0.05, 0) is 6.42 Å². The van der Waals surface area contributed by atoms with E-state index in [0.29, 0.717) is 0 Å². The van der Waals surface area contributed by atoms with E-state index in [1.165, 1.54) is 0 Å². The average molecular weight is 184 g/mol. The lowest BCUT2D eigenvalue weighted by molar-refractivity contribution is -0.285. The van der Waals surface area contributed by atoms with Gasteiger partial charge in [-0.15, -0.1) is 0 Å². The largest absolute Gasteiger partial charge is 0.415 e. The summed E-state index contributed by atoms with van der Waals surface area (Å²) in [7, 11) is 0. The number of hydrogen-bond acceptors (Lipinski definition) is 2. The minimum atomic E-state index is -4.53. The molecule has 0 aromatic carbocycles. The molecule has 1 atom stereocenters. The Morgan fingerprint density at radius 1 is 1.50 bits per heavy atom. The van der Waals surface area contributed by atoms with Crippen LogP contribution in [0.4, 0.5) is 13.2 Å². The summed E-state index contributed by atoms with van der Waals surface area (Å²) in [6, 6.07) is 0. The van der Waals surface area contributed by atoms with Gasteiger partial charge in [0.2, 0.25) is 0 Å². The predicted octanol–water partition coefficient (Wildman–Crippen LogP) is 1.34. The second-order valence-electron chi connectivity index (χ2n) is 3.15. The zero-order valence-corrected chi connectivity index (χ0v) is 6.69. The number of aliphatic hydroxyl groups is 1. The first-order chi connectivity index (χ1) is 5.42. The number of alkyl halides is 3. The highest BCUT2D eigenvalue weighted by atomic mass is 19.4. The van der Waals surface area contributed by atoms with E-state index < -0.39 is 17.7 Å². The van der Waals surface area contributed by atoms with Gasteiger partial charge in [-0.2, -0.15) is 13.2 Å². The molecule has 1 aliphatic rings. The van der Waals surface area contributed by atoms with Gasteiger partial charge in [-0.25, -0.2) is 0 Å². The summed E-state index contributed by atoms with van der Waals surface area (Å²) in [6.45, 7) is 1.63. The van der Waals surface area contributed by atoms with E-state index in [0.717, 1.165) is 0 Å². The van der Waals surface area contributed by atoms with Crippen LogP contribution in [0.2, 0.25) is 0 Å². The fourth-order valence-corrected chi connectivity index (χ4v) is 1.27. The van der Waals surface area contributed by atoms with Crippen molar-refractivity contribution in [3.05, 3.63) is 0 Å². The second kappa shape index (κ2) is 2.88. The Morgan fingerprint density at radius 2 is 2.00 bits per heavy atom. The molecule has 5 heteroatoms. The van der Waals surface area contributed by atoms with Gasteiger partial charge in [0.05, 0.1) is 18.6 Å². The topological polar surface area (TPSA) is 29.5 Å². The molecule has 0 saturated carbocycles. The van der Waals surface area contributed by atoms with Crippen LogP contribution in [0.5, 0.6) is 0 Å². The maximum atomic E-state index is 12.0. The number of hydrogen-bond donors (Lipinski definition) is 1. The summed E-state index contributed by atoms with van der Waals surface area (Å²) in [4.78, 5) is 0. The number of rotatable bonds is 2. The third kappa shape index (κ3) is 1.43. The number of halogens is 3. The van der Waals surface area contributed by atoms with Crippen molar-refractivity contribution >= 4 is 0 Å². The van der Waals surface area contributed by atoms with Crippen molar-refractivity contribution in [1.29, 1.82) is 0 Å². The van der Waals surface area contributed by atoms with Crippen LogP contribution in [0, 0.1) is 5.41 Å². The predicted molar refractivity (Wildman–Crippen MR) is 35.6 cm³/mol. The normalized spacial score (nSPS) is 24.8. The van der Waals surface area contributed by atoms with E-state index in [1.54, 1.807) is 6.92 Å². The Balaban J connectivity index is 2.67. The average Bonchev–Trinajstić information content (AvgIpc) is 1.84. The third-order valence-corrected chi connectivity index (χ3v) is 2.37. The molecule has 1 rings (SSSR count). The van der Waals surface area contributed by atoms with Gasteiger partial charge in [0.15, 0.2) is 6.10 Å². The van der Waals surface area contributed by atoms with Crippen molar-refractivity contribution in [3.8, 4) is 0 Å². The summed E-state index contributed by atoms with van der Waals surface area (Å²) in [5.74, 6) is 0. The molecular formula is C7H11F3O2. The molecule has 1 saturated heterocycles. The Morgan fingerprint density at radius 3 is 2.08 bits per heavy atom. The van der Waals surface area contributed by atoms with Gasteiger partial charge in [-0.3, -0.25) is 0 Å². The lowest BCUT2D eigenvalue weighted by atomic mass is 9.77. The standard InChI is InChI=1S/C7H11F3O2/c1-2-6(3-12-4-6)5(11)7(8,9)10/h5,11H,2-4H2,1H3/t5-/m0/s1. The first-order valence-electron chi connectivity index (χ1n) is 3.75. The maximum absolute atomic E-state index is 12.0. The fraction of sp³-hybridized carbons (Fsp3) is 1.00. The van der Waals surface area contributed by atoms with Crippen LogP contribution in [0.25, 0.3) is 0 Å². The summed E-state index contributed by atoms with van der Waals surface area (Å²) in [5, 5.41) is 8.95. The van der Waals surface area contributed by atoms with E-state index in [-0.39, 0.29) is 19.6 Å². The Bertz CT molecular complexity index is 157. The van der Waals surface area contributed by atoms with E-state index in [4.69, 9.17) is 5.11 Å². The van der Waals surface area contributed by atoms with Crippen LogP contribution >= 0.6 is 0 Å². The second-order valence-corrected chi connectivity index (χ2v) is 3.15. The van der Waals surface area contributed by atoms with Gasteiger partial charge in [0, 0.05) is 0 Å². The van der Waals surface area contributed by atoms with Gasteiger partial charge in [0.25, 0.3) is 0 Å². The molecule has 12 heavy (non-hydrogen) atoms. The fourth-order valence-electron chi connectivity index (χ4n) is 1.27. The van der Waals surface area contributed by atoms with Crippen molar-refractivity contribution in [3.63, 3.8) is 0 Å². The summed E-state index contributed by atoms with van der Waals surface area (Å²) >= 11 is 0. The molecule has 2 nitrogen and oxygen atoms in total. The Labute approximate surface area is 68.3 Å². The first-order valence-corrected chi connectivity index (χ1v) is 3.75. The molecular weight excluding hydrogens is 173 g/mol. The molecule has 72 valence electrons. The molecule has 1 N–H and O–H groups in total. The minimum Gasteiger partial charge on any atom is -0.383 e. The molecule has 0 radical (unpaired) electrons. The van der Waals surface area contributed by atoms with Gasteiger partial charge in [0.1, 0.15) is 0 Å². The highest BCUT2D eigenvalue weighted by molar-refractivity contribution is 4.94. The van der Waals surface area contributed by atoms with Crippen molar-refractivity contribution in [2.45, 2.75) is 25.6 Å². The first kappa shape index (κ1) is 9.80. The van der Waals surface area contributed by atoms with E-state index in [1.807, 2.05) is 0 Å². The van der Waals surface area contributed by atoms with Crippen LogP contribution < -0.4 is 0 Å². The summed E-state index contributed by atoms with van der Waals surface area (Å²) < 4.78 is 40.8. The quantitative estimate of drug-likeness (QED) is 0.701. The van der Waals surface area contributed by atoms with Gasteiger partial charge < -0.3 is 9.84 Å². The van der Waals surface area contributed by atoms with E-state index in [9.17, 15) is 13.2 Å². The van der Waals surface area contributed by atoms with Crippen molar-refractivity contribution in [2.75, 3.05) is 13.2 Å². The van der Waals surface area contributed by atoms with Crippen molar-refractivity contribution in [1.82, 2.24) is 0 Å². The molecule has 0 spiro atoms. The summed E-state index contributed by atoms with van der Waals surface area (Å²) in [5.41, 5.74) is -1.09. The number of aliphatic hydroxyl groups excluding tert-OH is 1. The van der Waals surface area contributed by atoms with Crippen LogP contribution in [0.1, 0.15) is 13.3 Å².